The largest absolute Gasteiger partial charge is 0.460 e. The summed E-state index contributed by atoms with van der Waals surface area (Å²) in [4.78, 5) is 96.7. The second-order valence-corrected chi connectivity index (χ2v) is 23.6. The van der Waals surface area contributed by atoms with Crippen LogP contribution < -0.4 is 0 Å². The number of ether oxygens (including phenoxy) is 7. The molecule has 81 heavy (non-hydrogen) atoms. The highest BCUT2D eigenvalue weighted by atomic mass is 16.6. The number of amides is 1. The van der Waals surface area contributed by atoms with Gasteiger partial charge in [0.1, 0.15) is 30.1 Å². The predicted octanol–water partition coefficient (Wildman–Crippen LogP) is 7.30. The number of methoxy groups -OCH3 is 3. The number of carbonyl (C=O) groups is 6. The van der Waals surface area contributed by atoms with E-state index in [4.69, 9.17) is 46.3 Å². The molecule has 3 fully saturated rings. The molecule has 6 rings (SSSR count). The first-order valence-electron chi connectivity index (χ1n) is 29.1. The fourth-order valence-electron chi connectivity index (χ4n) is 13.3. The molecule has 0 radical (unpaired) electrons. The molecule has 4 aliphatic heterocycles. The molecule has 19 nitrogen and oxygen atoms in total. The average molecular weight is 1130 g/mol. The molecule has 2 saturated heterocycles. The molecule has 1 saturated carbocycles. The number of esters is 3. The number of hydrogen-bond donors (Lipinski definition) is 3. The second kappa shape index (κ2) is 28.9. The van der Waals surface area contributed by atoms with Gasteiger partial charge in [-0.05, 0) is 132 Å². The quantitative estimate of drug-likeness (QED) is 0.0639. The number of aliphatic hydroxyl groups is 3. The number of hydrogen-bond acceptors (Lipinski definition) is 16. The standard InChI is InChI=1S/C62H91N3O16/c1-16-78-58(72)60(63-11)44-23-25-46(61(60,64-12)59(73)79-17-2)36(4)28-35(3)42(10)54(77-15)53(68)40(8)29-37(5)49(67)34-51(38(6)30-43-22-26-48(66)52(32-43)76-14)80-57(71)47-20-18-19-27-65(47)56(70)55(69)62(74)41(9)21-24-45(81-62)33-50(75-13)39(7)31-44/h23,25,29,31,35-38,41,43-48,50-54,66,68,74H,10,16-22,24,26-28,30,32-34H2,1-9,13-15H3/b39-31+,40-29+. The number of piperidine rings is 1. The Balaban J connectivity index is 1.65. The Morgan fingerprint density at radius 3 is 2.10 bits per heavy atom. The normalized spacial score (nSPS) is 39.8. The first kappa shape index (κ1) is 66.7. The third-order valence-electron chi connectivity index (χ3n) is 18.3. The van der Waals surface area contributed by atoms with Gasteiger partial charge < -0.3 is 53.4 Å². The van der Waals surface area contributed by atoms with Gasteiger partial charge in [-0.3, -0.25) is 24.1 Å². The van der Waals surface area contributed by atoms with Gasteiger partial charge in [0.2, 0.25) is 5.79 Å². The molecule has 0 spiro atoms. The Kier molecular flexibility index (Phi) is 23.8. The highest BCUT2D eigenvalue weighted by molar-refractivity contribution is 6.39. The maximum absolute atomic E-state index is 14.7. The van der Waals surface area contributed by atoms with E-state index in [9.17, 15) is 44.1 Å². The van der Waals surface area contributed by atoms with E-state index in [2.05, 4.69) is 16.3 Å². The number of Topliss-reactive ketones (excluding diaryl/α,β-unsaturated/α-hetero) is 2. The Morgan fingerprint density at radius 1 is 0.840 bits per heavy atom. The summed E-state index contributed by atoms with van der Waals surface area (Å²) in [6, 6.07) is -1.23. The van der Waals surface area contributed by atoms with Crippen LogP contribution in [0.25, 0.3) is 9.69 Å². The Bertz CT molecular complexity index is 2460. The van der Waals surface area contributed by atoms with E-state index in [1.807, 2.05) is 13.8 Å². The first-order valence-corrected chi connectivity index (χ1v) is 29.1. The highest BCUT2D eigenvalue weighted by Gasteiger charge is 2.83. The lowest BCUT2D eigenvalue weighted by Gasteiger charge is -2.43. The molecule has 4 bridgehead atoms. The van der Waals surface area contributed by atoms with Crippen LogP contribution in [0.1, 0.15) is 139 Å². The molecule has 1 amide bonds. The van der Waals surface area contributed by atoms with Gasteiger partial charge in [0.25, 0.3) is 11.7 Å². The minimum Gasteiger partial charge on any atom is -0.460 e. The van der Waals surface area contributed by atoms with Crippen molar-refractivity contribution in [2.24, 2.45) is 47.3 Å². The summed E-state index contributed by atoms with van der Waals surface area (Å²) in [5, 5.41) is 34.8. The average Bonchev–Trinajstić information content (AvgIpc) is 3.34. The van der Waals surface area contributed by atoms with Crippen LogP contribution in [-0.4, -0.2) is 162 Å². The van der Waals surface area contributed by atoms with Crippen molar-refractivity contribution in [1.82, 2.24) is 4.90 Å². The zero-order valence-corrected chi connectivity index (χ0v) is 49.9. The van der Waals surface area contributed by atoms with Gasteiger partial charge in [0.05, 0.1) is 49.5 Å². The van der Waals surface area contributed by atoms with E-state index in [1.54, 1.807) is 79.9 Å². The zero-order chi connectivity index (χ0) is 60.3. The van der Waals surface area contributed by atoms with Gasteiger partial charge in [-0.15, -0.1) is 0 Å². The first-order chi connectivity index (χ1) is 38.3. The fraction of sp³-hybridized carbons (Fsp3) is 0.742. The van der Waals surface area contributed by atoms with Crippen molar-refractivity contribution in [1.29, 1.82) is 0 Å². The van der Waals surface area contributed by atoms with Crippen molar-refractivity contribution in [3.8, 4) is 0 Å². The molecular weight excluding hydrogens is 1040 g/mol. The number of nitrogens with zero attached hydrogens (tertiary/aromatic N) is 3. The summed E-state index contributed by atoms with van der Waals surface area (Å²) in [6.45, 7) is 37.0. The van der Waals surface area contributed by atoms with Crippen molar-refractivity contribution in [2.45, 2.75) is 205 Å². The van der Waals surface area contributed by atoms with Crippen LogP contribution in [0.15, 0.2) is 47.6 Å². The molecular formula is C62H91N3O16. The topological polar surface area (TPSA) is 240 Å². The fourth-order valence-corrected chi connectivity index (χ4v) is 13.3. The molecule has 19 heteroatoms. The molecule has 19 atom stereocenters. The third kappa shape index (κ3) is 13.9. The van der Waals surface area contributed by atoms with Crippen molar-refractivity contribution >= 4 is 35.4 Å². The molecule has 0 aromatic carbocycles. The predicted molar refractivity (Wildman–Crippen MR) is 299 cm³/mol. The van der Waals surface area contributed by atoms with Gasteiger partial charge in [0.15, 0.2) is 0 Å². The summed E-state index contributed by atoms with van der Waals surface area (Å²) >= 11 is 0. The highest BCUT2D eigenvalue weighted by Crippen LogP contribution is 2.53. The Labute approximate surface area is 479 Å². The maximum atomic E-state index is 14.7. The lowest BCUT2D eigenvalue weighted by atomic mass is 9.56. The van der Waals surface area contributed by atoms with E-state index in [0.717, 1.165) is 4.90 Å². The lowest BCUT2D eigenvalue weighted by Crippen LogP contribution is -2.69. The number of fused-ring (bicyclic) bond motifs is 16. The van der Waals surface area contributed by atoms with Gasteiger partial charge in [-0.25, -0.2) is 27.5 Å². The molecule has 4 heterocycles. The Hall–Kier alpha value is -5.12. The lowest BCUT2D eigenvalue weighted by molar-refractivity contribution is -0.265. The number of carbonyl (C=O) groups excluding carboxylic acids is 6. The van der Waals surface area contributed by atoms with E-state index in [0.29, 0.717) is 61.7 Å². The summed E-state index contributed by atoms with van der Waals surface area (Å²) < 4.78 is 41.4. The van der Waals surface area contributed by atoms with Gasteiger partial charge >= 0.3 is 29.0 Å². The van der Waals surface area contributed by atoms with E-state index < -0.39 is 131 Å². The van der Waals surface area contributed by atoms with Crippen LogP contribution in [-0.2, 0) is 61.9 Å². The van der Waals surface area contributed by atoms with Crippen molar-refractivity contribution in [3.63, 3.8) is 0 Å². The number of ketones is 2. The van der Waals surface area contributed by atoms with Crippen LogP contribution in [0.3, 0.4) is 0 Å². The molecule has 6 aliphatic rings. The number of aliphatic hydroxyl groups excluding tert-OH is 2. The summed E-state index contributed by atoms with van der Waals surface area (Å²) in [6.07, 6.45) is 4.45. The molecule has 3 N–H and O–H groups in total. The van der Waals surface area contributed by atoms with Gasteiger partial charge in [-0.2, -0.15) is 0 Å². The smallest absolute Gasteiger partial charge is 0.422 e. The monoisotopic (exact) mass is 1130 g/mol. The number of rotatable bonds is 10. The Morgan fingerprint density at radius 2 is 1.49 bits per heavy atom. The molecule has 2 aliphatic carbocycles. The van der Waals surface area contributed by atoms with Crippen LogP contribution in [0.5, 0.6) is 0 Å². The van der Waals surface area contributed by atoms with Crippen molar-refractivity contribution in [2.75, 3.05) is 41.1 Å². The summed E-state index contributed by atoms with van der Waals surface area (Å²) in [5.41, 5.74) is -3.75. The van der Waals surface area contributed by atoms with Crippen molar-refractivity contribution in [3.05, 3.63) is 70.4 Å². The van der Waals surface area contributed by atoms with Crippen molar-refractivity contribution < 1.29 is 77.2 Å². The molecule has 450 valence electrons. The minimum absolute atomic E-state index is 0.00510. The molecule has 0 aromatic rings. The third-order valence-corrected chi connectivity index (χ3v) is 18.3. The second-order valence-electron chi connectivity index (χ2n) is 23.6. The summed E-state index contributed by atoms with van der Waals surface area (Å²) in [5.74, 6) is -13.8. The van der Waals surface area contributed by atoms with Crippen LogP contribution in [0.2, 0.25) is 0 Å². The minimum atomic E-state index is -2.63. The van der Waals surface area contributed by atoms with Gasteiger partial charge in [0, 0.05) is 52.6 Å². The number of allylic oxidation sites excluding steroid dienone is 1. The van der Waals surface area contributed by atoms with Crippen LogP contribution in [0, 0.1) is 60.5 Å². The summed E-state index contributed by atoms with van der Waals surface area (Å²) in [7, 11) is 4.40. The zero-order valence-electron chi connectivity index (χ0n) is 49.9. The van der Waals surface area contributed by atoms with Crippen LogP contribution >= 0.6 is 0 Å². The van der Waals surface area contributed by atoms with E-state index in [-0.39, 0.29) is 69.7 Å². The SMILES string of the molecule is [C-]#[N+]C1(C(=O)OCC)C2C=CC(C(C)CC(C)C(=C)C(OC)C(O)/C(C)=C/C(C)C(=O)CC(C(C)CC3CCC(O)C(OC)C3)OC(=O)C3CCCCN3C(=O)C(=O)C3(O)OC(CCC3C)CC(OC)/C(C)=C/2)C1([N+]#[C-])C(=O)OCC. The maximum Gasteiger partial charge on any atom is 0.422 e. The van der Waals surface area contributed by atoms with Crippen LogP contribution in [0.4, 0.5) is 0 Å². The molecule has 0 aromatic heterocycles. The van der Waals surface area contributed by atoms with E-state index in [1.165, 1.54) is 14.2 Å². The van der Waals surface area contributed by atoms with E-state index >= 15 is 0 Å². The van der Waals surface area contributed by atoms with Gasteiger partial charge in [-0.1, -0.05) is 65.5 Å². The molecule has 19 unspecified atom stereocenters.